The van der Waals surface area contributed by atoms with E-state index in [1.54, 1.807) is 24.3 Å². The van der Waals surface area contributed by atoms with Crippen molar-refractivity contribution in [2.24, 2.45) is 0 Å². The first-order valence-electron chi connectivity index (χ1n) is 8.89. The summed E-state index contributed by atoms with van der Waals surface area (Å²) in [6.07, 6.45) is 6.14. The van der Waals surface area contributed by atoms with Gasteiger partial charge < -0.3 is 4.90 Å². The third kappa shape index (κ3) is 4.01. The van der Waals surface area contributed by atoms with Gasteiger partial charge in [0.05, 0.1) is 17.3 Å². The van der Waals surface area contributed by atoms with Crippen molar-refractivity contribution < 1.29 is 13.2 Å². The van der Waals surface area contributed by atoms with Crippen LogP contribution in [0.25, 0.3) is 11.4 Å². The van der Waals surface area contributed by atoms with Gasteiger partial charge in [0.25, 0.3) is 0 Å². The number of nitrogens with zero attached hydrogens (tertiary/aromatic N) is 5. The molecular weight excluding hydrogens is 386 g/mol. The Balaban J connectivity index is 1.46. The molecule has 0 unspecified atom stereocenters. The Morgan fingerprint density at radius 1 is 1.33 bits per heavy atom. The van der Waals surface area contributed by atoms with Crippen molar-refractivity contribution in [2.45, 2.75) is 36.5 Å². The van der Waals surface area contributed by atoms with Gasteiger partial charge in [0.2, 0.25) is 5.91 Å². The molecule has 3 heterocycles. The van der Waals surface area contributed by atoms with Gasteiger partial charge in [-0.15, -0.1) is 10.2 Å². The van der Waals surface area contributed by atoms with E-state index in [9.17, 15) is 13.2 Å². The van der Waals surface area contributed by atoms with Gasteiger partial charge in [0, 0.05) is 37.1 Å². The van der Waals surface area contributed by atoms with Crippen molar-refractivity contribution in [1.29, 1.82) is 0 Å². The van der Waals surface area contributed by atoms with E-state index in [1.807, 2.05) is 12.1 Å². The largest absolute Gasteiger partial charge is 0.341 e. The molecule has 1 saturated carbocycles. The van der Waals surface area contributed by atoms with Crippen LogP contribution in [0.3, 0.4) is 0 Å². The fourth-order valence-corrected chi connectivity index (χ4v) is 5.95. The molecule has 2 aliphatic rings. The van der Waals surface area contributed by atoms with Crippen LogP contribution in [0.4, 0.5) is 0 Å². The van der Waals surface area contributed by atoms with Gasteiger partial charge in [-0.2, -0.15) is 0 Å². The normalized spacial score (nSPS) is 21.3. The Labute approximate surface area is 162 Å². The highest BCUT2D eigenvalue weighted by Crippen LogP contribution is 2.41. The number of hydrogen-bond donors (Lipinski definition) is 0. The molecule has 2 aromatic rings. The number of aromatic nitrogens is 4. The van der Waals surface area contributed by atoms with E-state index in [2.05, 4.69) is 19.7 Å². The van der Waals surface area contributed by atoms with Gasteiger partial charge >= 0.3 is 0 Å². The molecule has 0 N–H and O–H groups in total. The zero-order valence-corrected chi connectivity index (χ0v) is 16.6. The highest BCUT2D eigenvalue weighted by atomic mass is 32.2. The number of carbonyl (C=O) groups is 1. The lowest BCUT2D eigenvalue weighted by Crippen LogP contribution is -2.38. The van der Waals surface area contributed by atoms with Crippen LogP contribution >= 0.6 is 11.8 Å². The standard InChI is InChI=1S/C17H21N5O3S2/c1-21(14-6-8-27(24,25)11-14)15(23)10-26-17-20-19-16(22(17)13-4-5-13)12-3-2-7-18-9-12/h2-3,7,9,13-14H,4-6,8,10-11H2,1H3/t14-/m1/s1. The average molecular weight is 408 g/mol. The van der Waals surface area contributed by atoms with E-state index in [1.165, 1.54) is 11.8 Å². The first-order chi connectivity index (χ1) is 12.9. The Bertz CT molecular complexity index is 941. The number of pyridine rings is 1. The first kappa shape index (κ1) is 18.4. The molecule has 8 nitrogen and oxygen atoms in total. The number of thioether (sulfide) groups is 1. The molecule has 2 aromatic heterocycles. The molecular formula is C17H21N5O3S2. The van der Waals surface area contributed by atoms with Gasteiger partial charge in [0.1, 0.15) is 0 Å². The minimum absolute atomic E-state index is 0.0588. The van der Waals surface area contributed by atoms with Crippen molar-refractivity contribution in [3.05, 3.63) is 24.5 Å². The lowest BCUT2D eigenvalue weighted by molar-refractivity contribution is -0.128. The number of amides is 1. The molecule has 27 heavy (non-hydrogen) atoms. The van der Waals surface area contributed by atoms with Crippen LogP contribution in [0, 0.1) is 0 Å². The lowest BCUT2D eigenvalue weighted by atomic mass is 10.2. The van der Waals surface area contributed by atoms with E-state index in [0.29, 0.717) is 12.5 Å². The van der Waals surface area contributed by atoms with Crippen molar-refractivity contribution in [3.8, 4) is 11.4 Å². The SMILES string of the molecule is CN(C(=O)CSc1nnc(-c2cccnc2)n1C1CC1)[C@@H]1CCS(=O)(=O)C1. The van der Waals surface area contributed by atoms with Crippen LogP contribution in [0.5, 0.6) is 0 Å². The van der Waals surface area contributed by atoms with Crippen molar-refractivity contribution in [2.75, 3.05) is 24.3 Å². The fourth-order valence-electron chi connectivity index (χ4n) is 3.24. The van der Waals surface area contributed by atoms with Gasteiger partial charge in [-0.1, -0.05) is 11.8 Å². The van der Waals surface area contributed by atoms with Gasteiger partial charge in [-0.05, 0) is 31.4 Å². The zero-order valence-electron chi connectivity index (χ0n) is 15.0. The predicted octanol–water partition coefficient (Wildman–Crippen LogP) is 1.41. The molecule has 1 saturated heterocycles. The van der Waals surface area contributed by atoms with E-state index in [0.717, 1.165) is 29.4 Å². The van der Waals surface area contributed by atoms with E-state index in [-0.39, 0.29) is 29.2 Å². The van der Waals surface area contributed by atoms with Crippen LogP contribution in [0.1, 0.15) is 25.3 Å². The minimum Gasteiger partial charge on any atom is -0.341 e. The molecule has 4 rings (SSSR count). The van der Waals surface area contributed by atoms with E-state index < -0.39 is 9.84 Å². The van der Waals surface area contributed by atoms with Gasteiger partial charge in [-0.3, -0.25) is 14.3 Å². The van der Waals surface area contributed by atoms with Crippen LogP contribution in [-0.4, -0.2) is 69.3 Å². The van der Waals surface area contributed by atoms with Crippen molar-refractivity contribution in [3.63, 3.8) is 0 Å². The molecule has 0 aromatic carbocycles. The Morgan fingerprint density at radius 2 is 2.15 bits per heavy atom. The summed E-state index contributed by atoms with van der Waals surface area (Å²) < 4.78 is 25.4. The third-order valence-electron chi connectivity index (χ3n) is 4.97. The Hall–Kier alpha value is -1.94. The zero-order chi connectivity index (χ0) is 19.0. The van der Waals surface area contributed by atoms with E-state index in [4.69, 9.17) is 0 Å². The molecule has 1 aliphatic carbocycles. The second kappa shape index (κ2) is 7.23. The summed E-state index contributed by atoms with van der Waals surface area (Å²) in [5.41, 5.74) is 0.906. The summed E-state index contributed by atoms with van der Waals surface area (Å²) in [5, 5.41) is 9.32. The number of rotatable bonds is 6. The fraction of sp³-hybridized carbons (Fsp3) is 0.529. The molecule has 1 amide bonds. The smallest absolute Gasteiger partial charge is 0.233 e. The summed E-state index contributed by atoms with van der Waals surface area (Å²) in [7, 11) is -1.33. The average Bonchev–Trinajstić information content (AvgIpc) is 3.31. The second-order valence-electron chi connectivity index (χ2n) is 7.00. The summed E-state index contributed by atoms with van der Waals surface area (Å²) in [4.78, 5) is 18.2. The molecule has 0 bridgehead atoms. The summed E-state index contributed by atoms with van der Waals surface area (Å²) in [6, 6.07) is 3.95. The number of hydrogen-bond acceptors (Lipinski definition) is 7. The van der Waals surface area contributed by atoms with Crippen molar-refractivity contribution in [1.82, 2.24) is 24.6 Å². The minimum atomic E-state index is -3.01. The highest BCUT2D eigenvalue weighted by Gasteiger charge is 2.34. The molecule has 1 aliphatic heterocycles. The maximum Gasteiger partial charge on any atom is 0.233 e. The van der Waals surface area contributed by atoms with Crippen LogP contribution in [0.2, 0.25) is 0 Å². The molecule has 0 radical (unpaired) electrons. The van der Waals surface area contributed by atoms with Crippen LogP contribution in [0.15, 0.2) is 29.7 Å². The highest BCUT2D eigenvalue weighted by molar-refractivity contribution is 7.99. The molecule has 10 heteroatoms. The molecule has 2 fully saturated rings. The topological polar surface area (TPSA) is 98.1 Å². The molecule has 1 atom stereocenters. The Kier molecular flexibility index (Phi) is 4.94. The summed E-state index contributed by atoms with van der Waals surface area (Å²) in [6.45, 7) is 0. The van der Waals surface area contributed by atoms with Crippen LogP contribution in [-0.2, 0) is 14.6 Å². The summed E-state index contributed by atoms with van der Waals surface area (Å²) >= 11 is 1.35. The van der Waals surface area contributed by atoms with Gasteiger partial charge in [0.15, 0.2) is 20.8 Å². The first-order valence-corrected chi connectivity index (χ1v) is 11.7. The van der Waals surface area contributed by atoms with Crippen LogP contribution < -0.4 is 0 Å². The third-order valence-corrected chi connectivity index (χ3v) is 7.65. The summed E-state index contributed by atoms with van der Waals surface area (Å²) in [5.74, 6) is 1.12. The number of sulfone groups is 1. The monoisotopic (exact) mass is 407 g/mol. The lowest BCUT2D eigenvalue weighted by Gasteiger charge is -2.23. The second-order valence-corrected chi connectivity index (χ2v) is 10.2. The maximum atomic E-state index is 12.5. The quantitative estimate of drug-likeness (QED) is 0.668. The number of carbonyl (C=O) groups excluding carboxylic acids is 1. The maximum absolute atomic E-state index is 12.5. The predicted molar refractivity (Wildman–Crippen MR) is 102 cm³/mol. The Morgan fingerprint density at radius 3 is 2.78 bits per heavy atom. The van der Waals surface area contributed by atoms with Crippen molar-refractivity contribution >= 4 is 27.5 Å². The molecule has 0 spiro atoms. The molecule has 144 valence electrons. The van der Waals surface area contributed by atoms with E-state index >= 15 is 0 Å². The van der Waals surface area contributed by atoms with Gasteiger partial charge in [-0.25, -0.2) is 8.42 Å².